The van der Waals surface area contributed by atoms with E-state index in [2.05, 4.69) is 20.1 Å². The summed E-state index contributed by atoms with van der Waals surface area (Å²) in [5, 5.41) is 4.86. The van der Waals surface area contributed by atoms with Gasteiger partial charge in [-0.2, -0.15) is 0 Å². The maximum Gasteiger partial charge on any atom is 0.328 e. The number of esters is 2. The molecule has 0 saturated heterocycles. The molecule has 2 unspecified atom stereocenters. The van der Waals surface area contributed by atoms with E-state index in [1.165, 1.54) is 35.0 Å². The van der Waals surface area contributed by atoms with Crippen molar-refractivity contribution in [1.29, 1.82) is 0 Å². The van der Waals surface area contributed by atoms with Gasteiger partial charge in [0.05, 0.1) is 14.2 Å². The van der Waals surface area contributed by atoms with E-state index in [4.69, 9.17) is 0 Å². The predicted octanol–water partition coefficient (Wildman–Crippen LogP) is -0.242. The highest BCUT2D eigenvalue weighted by atomic mass is 16.5. The maximum atomic E-state index is 12.2. The van der Waals surface area contributed by atoms with E-state index in [0.717, 1.165) is 0 Å². The van der Waals surface area contributed by atoms with Crippen molar-refractivity contribution in [3.05, 3.63) is 0 Å². The zero-order chi connectivity index (χ0) is 17.5. The Balaban J connectivity index is 4.90. The van der Waals surface area contributed by atoms with Crippen LogP contribution in [0.25, 0.3) is 0 Å². The Morgan fingerprint density at radius 1 is 0.955 bits per heavy atom. The zero-order valence-electron chi connectivity index (χ0n) is 13.8. The molecule has 126 valence electrons. The first-order valence-electron chi connectivity index (χ1n) is 6.89. The first-order chi connectivity index (χ1) is 10.1. The molecule has 22 heavy (non-hydrogen) atoms. The summed E-state index contributed by atoms with van der Waals surface area (Å²) in [5.41, 5.74) is -1.47. The largest absolute Gasteiger partial charge is 0.467 e. The van der Waals surface area contributed by atoms with Crippen molar-refractivity contribution < 1.29 is 28.7 Å². The van der Waals surface area contributed by atoms with Crippen LogP contribution >= 0.6 is 0 Å². The van der Waals surface area contributed by atoms with Gasteiger partial charge in [0, 0.05) is 0 Å². The number of nitrogens with one attached hydrogen (secondary N) is 2. The van der Waals surface area contributed by atoms with Gasteiger partial charge in [-0.1, -0.05) is 6.92 Å². The Bertz CT molecular complexity index is 447. The number of hydrogen-bond acceptors (Lipinski definition) is 6. The first-order valence-corrected chi connectivity index (χ1v) is 6.89. The summed E-state index contributed by atoms with van der Waals surface area (Å²) in [6.07, 6.45) is 0.328. The van der Waals surface area contributed by atoms with E-state index in [1.807, 2.05) is 0 Å². The smallest absolute Gasteiger partial charge is 0.328 e. The molecule has 0 aliphatic heterocycles. The Labute approximate surface area is 129 Å². The summed E-state index contributed by atoms with van der Waals surface area (Å²) in [5.74, 6) is -2.50. The van der Waals surface area contributed by atoms with Crippen LogP contribution in [0.4, 0.5) is 0 Å². The highest BCUT2D eigenvalue weighted by Crippen LogP contribution is 2.16. The topological polar surface area (TPSA) is 111 Å². The monoisotopic (exact) mass is 316 g/mol. The van der Waals surface area contributed by atoms with Crippen LogP contribution in [0.15, 0.2) is 0 Å². The number of rotatable bonds is 7. The maximum absolute atomic E-state index is 12.2. The van der Waals surface area contributed by atoms with Gasteiger partial charge in [0.15, 0.2) is 0 Å². The van der Waals surface area contributed by atoms with E-state index in [9.17, 15) is 19.2 Å². The third-order valence-electron chi connectivity index (χ3n) is 3.24. The molecule has 2 atom stereocenters. The number of hydrogen-bond donors (Lipinski definition) is 2. The van der Waals surface area contributed by atoms with Crippen molar-refractivity contribution >= 4 is 23.8 Å². The van der Waals surface area contributed by atoms with Gasteiger partial charge in [-0.05, 0) is 27.2 Å². The van der Waals surface area contributed by atoms with Gasteiger partial charge in [0.1, 0.15) is 17.5 Å². The molecule has 8 nitrogen and oxygen atoms in total. The minimum absolute atomic E-state index is 0.328. The molecule has 0 bridgehead atoms. The molecule has 0 saturated carbocycles. The van der Waals surface area contributed by atoms with Gasteiger partial charge in [-0.15, -0.1) is 0 Å². The normalized spacial score (nSPS) is 13.5. The molecule has 0 aromatic heterocycles. The molecular weight excluding hydrogens is 292 g/mol. The fraction of sp³-hybridized carbons (Fsp3) is 0.714. The quantitative estimate of drug-likeness (QED) is 0.495. The molecule has 0 fully saturated rings. The van der Waals surface area contributed by atoms with E-state index >= 15 is 0 Å². The van der Waals surface area contributed by atoms with Crippen LogP contribution < -0.4 is 10.6 Å². The number of carbonyl (C=O) groups is 4. The second-order valence-electron chi connectivity index (χ2n) is 5.30. The van der Waals surface area contributed by atoms with Crippen molar-refractivity contribution in [2.45, 2.75) is 46.2 Å². The molecule has 0 aliphatic rings. The lowest BCUT2D eigenvalue weighted by Gasteiger charge is -2.26. The highest BCUT2D eigenvalue weighted by Gasteiger charge is 2.39. The number of carbonyl (C=O) groups excluding carboxylic acids is 4. The molecule has 2 N–H and O–H groups in total. The lowest BCUT2D eigenvalue weighted by Crippen LogP contribution is -2.54. The number of methoxy groups -OCH3 is 2. The minimum atomic E-state index is -1.47. The van der Waals surface area contributed by atoms with E-state index in [-0.39, 0.29) is 0 Å². The molecule has 0 aromatic carbocycles. The van der Waals surface area contributed by atoms with Crippen LogP contribution in [0, 0.1) is 5.41 Å². The van der Waals surface area contributed by atoms with Crippen LogP contribution in [0.1, 0.15) is 34.1 Å². The van der Waals surface area contributed by atoms with Crippen molar-refractivity contribution in [3.8, 4) is 0 Å². The predicted molar refractivity (Wildman–Crippen MR) is 77.6 cm³/mol. The molecular formula is C14H24N2O6. The number of amides is 2. The summed E-state index contributed by atoms with van der Waals surface area (Å²) >= 11 is 0. The fourth-order valence-corrected chi connectivity index (χ4v) is 1.52. The van der Waals surface area contributed by atoms with Crippen LogP contribution in [0.5, 0.6) is 0 Å². The van der Waals surface area contributed by atoms with Crippen LogP contribution in [-0.4, -0.2) is 50.1 Å². The van der Waals surface area contributed by atoms with Crippen molar-refractivity contribution in [2.75, 3.05) is 14.2 Å². The molecule has 0 heterocycles. The second kappa shape index (κ2) is 8.35. The average molecular weight is 316 g/mol. The van der Waals surface area contributed by atoms with Gasteiger partial charge in [-0.3, -0.25) is 9.59 Å². The molecule has 2 amide bonds. The summed E-state index contributed by atoms with van der Waals surface area (Å²) in [7, 11) is 2.41. The van der Waals surface area contributed by atoms with Crippen LogP contribution in [-0.2, 0) is 28.7 Å². The van der Waals surface area contributed by atoms with Crippen molar-refractivity contribution in [3.63, 3.8) is 0 Å². The molecule has 0 radical (unpaired) electrons. The SMILES string of the molecule is CCC(NC(=O)C(C)(C)C(=O)NC(C)C(=O)OC)C(=O)OC. The summed E-state index contributed by atoms with van der Waals surface area (Å²) < 4.78 is 9.07. The van der Waals surface area contributed by atoms with Gasteiger partial charge in [0.2, 0.25) is 11.8 Å². The molecule has 8 heteroatoms. The number of ether oxygens (including phenoxy) is 2. The van der Waals surface area contributed by atoms with Gasteiger partial charge in [0.25, 0.3) is 0 Å². The summed E-state index contributed by atoms with van der Waals surface area (Å²) in [6.45, 7) is 5.94. The fourth-order valence-electron chi connectivity index (χ4n) is 1.52. The summed E-state index contributed by atoms with van der Waals surface area (Å²) in [6, 6.07) is -1.71. The Hall–Kier alpha value is -2.12. The molecule has 0 spiro atoms. The van der Waals surface area contributed by atoms with Gasteiger partial charge >= 0.3 is 11.9 Å². The Morgan fingerprint density at radius 3 is 1.82 bits per heavy atom. The minimum Gasteiger partial charge on any atom is -0.467 e. The summed E-state index contributed by atoms with van der Waals surface area (Å²) in [4.78, 5) is 47.2. The van der Waals surface area contributed by atoms with Crippen molar-refractivity contribution in [2.24, 2.45) is 5.41 Å². The van der Waals surface area contributed by atoms with E-state index in [0.29, 0.717) is 6.42 Å². The lowest BCUT2D eigenvalue weighted by atomic mass is 9.90. The third kappa shape index (κ3) is 5.01. The van der Waals surface area contributed by atoms with Gasteiger partial charge in [-0.25, -0.2) is 9.59 Å². The highest BCUT2D eigenvalue weighted by molar-refractivity contribution is 6.06. The second-order valence-corrected chi connectivity index (χ2v) is 5.30. The standard InChI is InChI=1S/C14H24N2O6/c1-7-9(11(18)22-6)16-13(20)14(3,4)12(19)15-8(2)10(17)21-5/h8-9H,7H2,1-6H3,(H,15,19)(H,16,20). The third-order valence-corrected chi connectivity index (χ3v) is 3.24. The van der Waals surface area contributed by atoms with E-state index in [1.54, 1.807) is 6.92 Å². The van der Waals surface area contributed by atoms with Crippen molar-refractivity contribution in [1.82, 2.24) is 10.6 Å². The molecule has 0 aliphatic carbocycles. The van der Waals surface area contributed by atoms with Crippen LogP contribution in [0.2, 0.25) is 0 Å². The zero-order valence-corrected chi connectivity index (χ0v) is 13.8. The Morgan fingerprint density at radius 2 is 1.41 bits per heavy atom. The average Bonchev–Trinajstić information content (AvgIpc) is 2.49. The first kappa shape index (κ1) is 19.9. The van der Waals surface area contributed by atoms with Crippen LogP contribution in [0.3, 0.4) is 0 Å². The Kier molecular flexibility index (Phi) is 7.55. The van der Waals surface area contributed by atoms with Gasteiger partial charge < -0.3 is 20.1 Å². The van der Waals surface area contributed by atoms with E-state index < -0.39 is 41.3 Å². The molecule has 0 rings (SSSR count). The lowest BCUT2D eigenvalue weighted by molar-refractivity contribution is -0.150. The molecule has 0 aromatic rings.